The molecule has 0 unspecified atom stereocenters. The van der Waals surface area contributed by atoms with E-state index in [0.29, 0.717) is 24.7 Å². The Morgan fingerprint density at radius 2 is 1.90 bits per heavy atom. The molecule has 2 aliphatic heterocycles. The van der Waals surface area contributed by atoms with Crippen LogP contribution < -0.4 is 0 Å². The van der Waals surface area contributed by atoms with Gasteiger partial charge in [-0.2, -0.15) is 0 Å². The second-order valence-corrected chi connectivity index (χ2v) is 8.66. The Morgan fingerprint density at radius 1 is 1.24 bits per heavy atom. The Bertz CT molecular complexity index is 419. The van der Waals surface area contributed by atoms with Gasteiger partial charge < -0.3 is 9.84 Å². The fraction of sp³-hybridized carbons (Fsp3) is 1.00. The van der Waals surface area contributed by atoms with E-state index >= 15 is 0 Å². The molecule has 2 atom stereocenters. The largest absolute Gasteiger partial charge is 0.389 e. The molecule has 0 aromatic rings. The number of ether oxygens (including phenoxy) is 1. The van der Waals surface area contributed by atoms with Crippen molar-refractivity contribution < 1.29 is 18.3 Å². The van der Waals surface area contributed by atoms with Crippen molar-refractivity contribution in [1.29, 1.82) is 0 Å². The van der Waals surface area contributed by atoms with Gasteiger partial charge >= 0.3 is 0 Å². The quantitative estimate of drug-likeness (QED) is 0.717. The van der Waals surface area contributed by atoms with Gasteiger partial charge in [-0.3, -0.25) is 9.80 Å². The first kappa shape index (κ1) is 17.1. The molecule has 0 radical (unpaired) electrons. The molecule has 6 nitrogen and oxygen atoms in total. The van der Waals surface area contributed by atoms with Gasteiger partial charge in [-0.05, 0) is 20.3 Å². The molecule has 0 saturated carbocycles. The molecule has 2 fully saturated rings. The average Bonchev–Trinajstić information content (AvgIpc) is 2.78. The molecular weight excluding hydrogens is 292 g/mol. The molecule has 0 aromatic heterocycles. The van der Waals surface area contributed by atoms with Crippen molar-refractivity contribution in [3.8, 4) is 0 Å². The van der Waals surface area contributed by atoms with Gasteiger partial charge in [-0.25, -0.2) is 8.42 Å². The smallest absolute Gasteiger partial charge is 0.151 e. The summed E-state index contributed by atoms with van der Waals surface area (Å²) in [7, 11) is -2.80. The average molecular weight is 320 g/mol. The second kappa shape index (κ2) is 7.37. The van der Waals surface area contributed by atoms with E-state index in [2.05, 4.69) is 9.80 Å². The fourth-order valence-electron chi connectivity index (χ4n) is 3.03. The number of piperazine rings is 1. The van der Waals surface area contributed by atoms with Crippen molar-refractivity contribution in [3.05, 3.63) is 0 Å². The molecule has 0 aromatic carbocycles. The van der Waals surface area contributed by atoms with Crippen LogP contribution in [0.5, 0.6) is 0 Å². The van der Waals surface area contributed by atoms with Gasteiger partial charge in [0.25, 0.3) is 0 Å². The number of hydrogen-bond donors (Lipinski definition) is 1. The second-order valence-electron chi connectivity index (χ2n) is 6.43. The Kier molecular flexibility index (Phi) is 6.02. The van der Waals surface area contributed by atoms with Crippen LogP contribution in [0.25, 0.3) is 0 Å². The highest BCUT2D eigenvalue weighted by Crippen LogP contribution is 2.19. The summed E-state index contributed by atoms with van der Waals surface area (Å²) in [4.78, 5) is 4.52. The van der Waals surface area contributed by atoms with Gasteiger partial charge in [0.1, 0.15) is 0 Å². The minimum atomic E-state index is -2.80. The summed E-state index contributed by atoms with van der Waals surface area (Å²) in [6.07, 6.45) is 0.458. The lowest BCUT2D eigenvalue weighted by Crippen LogP contribution is -2.52. The monoisotopic (exact) mass is 320 g/mol. The van der Waals surface area contributed by atoms with Crippen molar-refractivity contribution in [3.63, 3.8) is 0 Å². The van der Waals surface area contributed by atoms with Gasteiger partial charge in [0.2, 0.25) is 0 Å². The van der Waals surface area contributed by atoms with Crippen LogP contribution in [0, 0.1) is 0 Å². The number of hydrogen-bond acceptors (Lipinski definition) is 6. The van der Waals surface area contributed by atoms with Crippen LogP contribution in [-0.4, -0.2) is 92.4 Å². The summed E-state index contributed by atoms with van der Waals surface area (Å²) < 4.78 is 28.5. The first-order valence-electron chi connectivity index (χ1n) is 7.82. The molecule has 2 aliphatic rings. The third-order valence-electron chi connectivity index (χ3n) is 4.22. The Morgan fingerprint density at radius 3 is 2.43 bits per heavy atom. The summed E-state index contributed by atoms with van der Waals surface area (Å²) in [6.45, 7) is 8.46. The molecule has 0 bridgehead atoms. The van der Waals surface area contributed by atoms with Gasteiger partial charge in [-0.1, -0.05) is 0 Å². The van der Waals surface area contributed by atoms with Gasteiger partial charge in [0, 0.05) is 38.8 Å². The predicted octanol–water partition coefficient (Wildman–Crippen LogP) is -0.423. The number of nitrogens with zero attached hydrogens (tertiary/aromatic N) is 2. The van der Waals surface area contributed by atoms with E-state index in [1.807, 2.05) is 13.8 Å². The van der Waals surface area contributed by atoms with Crippen LogP contribution >= 0.6 is 0 Å². The zero-order valence-electron chi connectivity index (χ0n) is 13.1. The van der Waals surface area contributed by atoms with Crippen LogP contribution in [0.15, 0.2) is 0 Å². The zero-order valence-corrected chi connectivity index (χ0v) is 13.9. The normalized spacial score (nSPS) is 29.0. The van der Waals surface area contributed by atoms with Crippen molar-refractivity contribution in [2.45, 2.75) is 38.5 Å². The molecule has 7 heteroatoms. The van der Waals surface area contributed by atoms with E-state index in [1.54, 1.807) is 0 Å². The zero-order chi connectivity index (χ0) is 15.5. The van der Waals surface area contributed by atoms with Crippen LogP contribution in [-0.2, 0) is 14.6 Å². The van der Waals surface area contributed by atoms with Crippen LogP contribution in [0.2, 0.25) is 0 Å². The van der Waals surface area contributed by atoms with E-state index in [1.165, 1.54) is 0 Å². The van der Waals surface area contributed by atoms with Crippen LogP contribution in [0.4, 0.5) is 0 Å². The van der Waals surface area contributed by atoms with E-state index in [-0.39, 0.29) is 12.1 Å². The Balaban J connectivity index is 1.69. The minimum absolute atomic E-state index is 0.140. The molecule has 2 rings (SSSR count). The topological polar surface area (TPSA) is 70.1 Å². The Hall–Kier alpha value is -0.210. The molecular formula is C14H28N2O4S. The lowest BCUT2D eigenvalue weighted by molar-refractivity contribution is -0.0161. The van der Waals surface area contributed by atoms with Crippen molar-refractivity contribution >= 4 is 9.84 Å². The highest BCUT2D eigenvalue weighted by atomic mass is 32.2. The molecule has 1 N–H and O–H groups in total. The minimum Gasteiger partial charge on any atom is -0.389 e. The molecule has 0 amide bonds. The summed E-state index contributed by atoms with van der Waals surface area (Å²) in [6, 6.07) is 0.200. The van der Waals surface area contributed by atoms with Crippen LogP contribution in [0.3, 0.4) is 0 Å². The standard InChI is InChI=1S/C14H28N2O4S/c1-12(2)20-10-14(17)9-15-4-6-16(7-5-15)13-3-8-21(18,19)11-13/h12-14,17H,3-11H2,1-2H3/t13-,14-/m1/s1. The Labute approximate surface area is 128 Å². The molecule has 2 heterocycles. The van der Waals surface area contributed by atoms with Crippen molar-refractivity contribution in [2.75, 3.05) is 50.8 Å². The molecule has 0 spiro atoms. The summed E-state index contributed by atoms with van der Waals surface area (Å²) in [5, 5.41) is 9.94. The third-order valence-corrected chi connectivity index (χ3v) is 5.97. The summed E-state index contributed by atoms with van der Waals surface area (Å²) in [5.74, 6) is 0.654. The lowest BCUT2D eigenvalue weighted by atomic mass is 10.2. The van der Waals surface area contributed by atoms with E-state index in [0.717, 1.165) is 32.6 Å². The predicted molar refractivity (Wildman–Crippen MR) is 82.2 cm³/mol. The number of sulfone groups is 1. The number of aliphatic hydroxyl groups is 1. The first-order valence-corrected chi connectivity index (χ1v) is 9.64. The third kappa shape index (κ3) is 5.49. The van der Waals surface area contributed by atoms with Crippen molar-refractivity contribution in [1.82, 2.24) is 9.80 Å². The van der Waals surface area contributed by atoms with Gasteiger partial charge in [-0.15, -0.1) is 0 Å². The van der Waals surface area contributed by atoms with E-state index in [4.69, 9.17) is 4.74 Å². The fourth-order valence-corrected chi connectivity index (χ4v) is 4.79. The highest BCUT2D eigenvalue weighted by molar-refractivity contribution is 7.91. The first-order chi connectivity index (χ1) is 9.85. The number of β-amino-alcohol motifs (C(OH)–C–C–N with tert-alkyl or cyclic N) is 1. The van der Waals surface area contributed by atoms with E-state index in [9.17, 15) is 13.5 Å². The number of rotatable bonds is 6. The van der Waals surface area contributed by atoms with Gasteiger partial charge in [0.15, 0.2) is 9.84 Å². The maximum atomic E-state index is 11.5. The van der Waals surface area contributed by atoms with E-state index < -0.39 is 15.9 Å². The van der Waals surface area contributed by atoms with Gasteiger partial charge in [0.05, 0.1) is 30.3 Å². The molecule has 0 aliphatic carbocycles. The summed E-state index contributed by atoms with van der Waals surface area (Å²) >= 11 is 0. The maximum Gasteiger partial charge on any atom is 0.151 e. The lowest BCUT2D eigenvalue weighted by Gasteiger charge is -2.38. The van der Waals surface area contributed by atoms with Crippen molar-refractivity contribution in [2.24, 2.45) is 0 Å². The molecule has 2 saturated heterocycles. The number of aliphatic hydroxyl groups excluding tert-OH is 1. The molecule has 21 heavy (non-hydrogen) atoms. The summed E-state index contributed by atoms with van der Waals surface area (Å²) in [5.41, 5.74) is 0. The van der Waals surface area contributed by atoms with Crippen LogP contribution in [0.1, 0.15) is 20.3 Å². The maximum absolute atomic E-state index is 11.5. The SMILES string of the molecule is CC(C)OC[C@H](O)CN1CCN([C@@H]2CCS(=O)(=O)C2)CC1. The highest BCUT2D eigenvalue weighted by Gasteiger charge is 2.33. The molecule has 124 valence electrons.